The zero-order chi connectivity index (χ0) is 18.9. The normalized spacial score (nSPS) is 10.4. The number of esters is 1. The molecule has 0 spiro atoms. The van der Waals surface area contributed by atoms with Crippen LogP contribution in [0.1, 0.15) is 5.56 Å². The zero-order valence-corrected chi connectivity index (χ0v) is 14.3. The van der Waals surface area contributed by atoms with Crippen LogP contribution < -0.4 is 14.8 Å². The molecule has 0 heterocycles. The van der Waals surface area contributed by atoms with Gasteiger partial charge in [0, 0.05) is 11.8 Å². The number of methoxy groups -OCH3 is 2. The Morgan fingerprint density at radius 1 is 1.08 bits per heavy atom. The smallest absolute Gasteiger partial charge is 0.331 e. The summed E-state index contributed by atoms with van der Waals surface area (Å²) in [7, 11) is 3.04. The van der Waals surface area contributed by atoms with E-state index in [4.69, 9.17) is 14.2 Å². The maximum atomic E-state index is 13.0. The van der Waals surface area contributed by atoms with Gasteiger partial charge in [0.15, 0.2) is 18.1 Å². The molecule has 2 rings (SSSR count). The van der Waals surface area contributed by atoms with Crippen LogP contribution in [0.4, 0.5) is 10.1 Å². The molecule has 6 nitrogen and oxygen atoms in total. The number of benzene rings is 2. The van der Waals surface area contributed by atoms with Crippen LogP contribution in [0.3, 0.4) is 0 Å². The van der Waals surface area contributed by atoms with Gasteiger partial charge in [0.05, 0.1) is 14.2 Å². The second-order valence-corrected chi connectivity index (χ2v) is 5.11. The lowest BCUT2D eigenvalue weighted by Crippen LogP contribution is -2.20. The van der Waals surface area contributed by atoms with Gasteiger partial charge in [0.25, 0.3) is 5.91 Å². The van der Waals surface area contributed by atoms with Gasteiger partial charge in [-0.1, -0.05) is 12.1 Å². The number of anilines is 1. The van der Waals surface area contributed by atoms with E-state index in [1.54, 1.807) is 18.2 Å². The fraction of sp³-hybridized carbons (Fsp3) is 0.158. The van der Waals surface area contributed by atoms with Crippen LogP contribution in [-0.4, -0.2) is 32.7 Å². The molecule has 1 amide bonds. The molecule has 0 bridgehead atoms. The van der Waals surface area contributed by atoms with Crippen molar-refractivity contribution in [2.24, 2.45) is 0 Å². The van der Waals surface area contributed by atoms with Crippen LogP contribution >= 0.6 is 0 Å². The predicted molar refractivity (Wildman–Crippen MR) is 94.6 cm³/mol. The Kier molecular flexibility index (Phi) is 6.73. The molecule has 0 saturated carbocycles. The molecule has 1 N–H and O–H groups in total. The number of carbonyl (C=O) groups excluding carboxylic acids is 2. The Morgan fingerprint density at radius 3 is 2.54 bits per heavy atom. The van der Waals surface area contributed by atoms with Crippen molar-refractivity contribution in [1.29, 1.82) is 0 Å². The zero-order valence-electron chi connectivity index (χ0n) is 14.3. The van der Waals surface area contributed by atoms with E-state index in [2.05, 4.69) is 5.32 Å². The highest BCUT2D eigenvalue weighted by molar-refractivity contribution is 5.94. The van der Waals surface area contributed by atoms with Gasteiger partial charge in [0.2, 0.25) is 0 Å². The molecule has 7 heteroatoms. The number of rotatable bonds is 7. The summed E-state index contributed by atoms with van der Waals surface area (Å²) >= 11 is 0. The molecule has 0 aromatic heterocycles. The van der Waals surface area contributed by atoms with Gasteiger partial charge in [0.1, 0.15) is 5.82 Å². The summed E-state index contributed by atoms with van der Waals surface area (Å²) in [5, 5.41) is 2.43. The maximum absolute atomic E-state index is 13.0. The minimum atomic E-state index is -0.686. The Labute approximate surface area is 150 Å². The van der Waals surface area contributed by atoms with Gasteiger partial charge in [-0.3, -0.25) is 4.79 Å². The van der Waals surface area contributed by atoms with E-state index in [1.807, 2.05) is 0 Å². The van der Waals surface area contributed by atoms with Crippen molar-refractivity contribution in [2.75, 3.05) is 26.1 Å². The van der Waals surface area contributed by atoms with Crippen LogP contribution in [0.25, 0.3) is 6.08 Å². The number of ether oxygens (including phenoxy) is 3. The number of nitrogens with one attached hydrogen (secondary N) is 1. The van der Waals surface area contributed by atoms with Crippen LogP contribution in [0.5, 0.6) is 11.5 Å². The summed E-state index contributed by atoms with van der Waals surface area (Å²) < 4.78 is 28.2. The lowest BCUT2D eigenvalue weighted by atomic mass is 10.2. The maximum Gasteiger partial charge on any atom is 0.331 e. The van der Waals surface area contributed by atoms with Gasteiger partial charge in [-0.05, 0) is 42.0 Å². The Hall–Kier alpha value is -3.35. The van der Waals surface area contributed by atoms with E-state index in [0.717, 1.165) is 6.07 Å². The van der Waals surface area contributed by atoms with E-state index in [-0.39, 0.29) is 5.69 Å². The molecular formula is C19H18FNO5. The first-order chi connectivity index (χ1) is 12.5. The van der Waals surface area contributed by atoms with E-state index in [0.29, 0.717) is 17.1 Å². The van der Waals surface area contributed by atoms with Gasteiger partial charge in [-0.15, -0.1) is 0 Å². The summed E-state index contributed by atoms with van der Waals surface area (Å²) in [5.41, 5.74) is 0.982. The number of carbonyl (C=O) groups is 2. The Balaban J connectivity index is 1.86. The third-order valence-corrected chi connectivity index (χ3v) is 3.27. The molecule has 0 aliphatic carbocycles. The van der Waals surface area contributed by atoms with E-state index < -0.39 is 24.3 Å². The highest BCUT2D eigenvalue weighted by Gasteiger charge is 2.07. The third-order valence-electron chi connectivity index (χ3n) is 3.27. The number of halogens is 1. The Bertz CT molecular complexity index is 819. The lowest BCUT2D eigenvalue weighted by molar-refractivity contribution is -0.142. The summed E-state index contributed by atoms with van der Waals surface area (Å²) in [6, 6.07) is 10.5. The second-order valence-electron chi connectivity index (χ2n) is 5.11. The monoisotopic (exact) mass is 359 g/mol. The van der Waals surface area contributed by atoms with Crippen molar-refractivity contribution in [1.82, 2.24) is 0 Å². The highest BCUT2D eigenvalue weighted by Crippen LogP contribution is 2.27. The van der Waals surface area contributed by atoms with Crippen molar-refractivity contribution < 1.29 is 28.2 Å². The van der Waals surface area contributed by atoms with E-state index >= 15 is 0 Å². The summed E-state index contributed by atoms with van der Waals surface area (Å²) in [6.07, 6.45) is 2.71. The van der Waals surface area contributed by atoms with Crippen molar-refractivity contribution in [2.45, 2.75) is 0 Å². The number of hydrogen-bond acceptors (Lipinski definition) is 5. The molecule has 2 aromatic rings. The SMILES string of the molecule is COc1ccc(/C=C/C(=O)OCC(=O)Nc2cccc(F)c2)cc1OC. The van der Waals surface area contributed by atoms with E-state index in [9.17, 15) is 14.0 Å². The fourth-order valence-electron chi connectivity index (χ4n) is 2.07. The minimum absolute atomic E-state index is 0.284. The van der Waals surface area contributed by atoms with Crippen molar-refractivity contribution in [3.63, 3.8) is 0 Å². The van der Waals surface area contributed by atoms with Crippen molar-refractivity contribution in [3.05, 3.63) is 59.9 Å². The lowest BCUT2D eigenvalue weighted by Gasteiger charge is -2.07. The molecule has 0 radical (unpaired) electrons. The largest absolute Gasteiger partial charge is 0.493 e. The summed E-state index contributed by atoms with van der Waals surface area (Å²) in [5.74, 6) is -0.631. The van der Waals surface area contributed by atoms with Gasteiger partial charge >= 0.3 is 5.97 Å². The molecule has 0 saturated heterocycles. The average Bonchev–Trinajstić information content (AvgIpc) is 2.64. The van der Waals surface area contributed by atoms with Crippen LogP contribution in [0, 0.1) is 5.82 Å². The van der Waals surface area contributed by atoms with E-state index in [1.165, 1.54) is 44.6 Å². The fourth-order valence-corrected chi connectivity index (χ4v) is 2.07. The van der Waals surface area contributed by atoms with Gasteiger partial charge in [-0.25, -0.2) is 9.18 Å². The van der Waals surface area contributed by atoms with Crippen LogP contribution in [0.15, 0.2) is 48.5 Å². The number of hydrogen-bond donors (Lipinski definition) is 1. The summed E-state index contributed by atoms with van der Waals surface area (Å²) in [4.78, 5) is 23.4. The Morgan fingerprint density at radius 2 is 1.85 bits per heavy atom. The van der Waals surface area contributed by atoms with Crippen molar-refractivity contribution >= 4 is 23.6 Å². The summed E-state index contributed by atoms with van der Waals surface area (Å²) in [6.45, 7) is -0.481. The van der Waals surface area contributed by atoms with Crippen LogP contribution in [0.2, 0.25) is 0 Å². The average molecular weight is 359 g/mol. The molecule has 2 aromatic carbocycles. The molecule has 0 aliphatic heterocycles. The molecule has 0 atom stereocenters. The minimum Gasteiger partial charge on any atom is -0.493 e. The van der Waals surface area contributed by atoms with Crippen LogP contribution in [-0.2, 0) is 14.3 Å². The molecule has 0 aliphatic rings. The first-order valence-electron chi connectivity index (χ1n) is 7.64. The molecule has 26 heavy (non-hydrogen) atoms. The number of amides is 1. The topological polar surface area (TPSA) is 73.9 Å². The predicted octanol–water partition coefficient (Wildman–Crippen LogP) is 3.04. The van der Waals surface area contributed by atoms with Crippen molar-refractivity contribution in [3.8, 4) is 11.5 Å². The standard InChI is InChI=1S/C19H18FNO5/c1-24-16-8-6-13(10-17(16)25-2)7-9-19(23)26-12-18(22)21-15-5-3-4-14(20)11-15/h3-11H,12H2,1-2H3,(H,21,22)/b9-7+. The third kappa shape index (κ3) is 5.62. The van der Waals surface area contributed by atoms with Gasteiger partial charge < -0.3 is 19.5 Å². The molecule has 136 valence electrons. The van der Waals surface area contributed by atoms with Gasteiger partial charge in [-0.2, -0.15) is 0 Å². The molecular weight excluding hydrogens is 341 g/mol. The second kappa shape index (κ2) is 9.22. The first-order valence-corrected chi connectivity index (χ1v) is 7.64. The molecule has 0 unspecified atom stereocenters. The molecule has 0 fully saturated rings. The first kappa shape index (κ1) is 19.0. The highest BCUT2D eigenvalue weighted by atomic mass is 19.1. The quantitative estimate of drug-likeness (QED) is 0.608.